The van der Waals surface area contributed by atoms with Crippen molar-refractivity contribution in [3.8, 4) is 11.8 Å². The van der Waals surface area contributed by atoms with Gasteiger partial charge in [0.05, 0.1) is 16.1 Å². The molecule has 0 atom stereocenters. The van der Waals surface area contributed by atoms with Crippen LogP contribution in [0.3, 0.4) is 0 Å². The molecule has 0 unspecified atom stereocenters. The van der Waals surface area contributed by atoms with Crippen molar-refractivity contribution in [1.82, 2.24) is 0 Å². The zero-order valence-electron chi connectivity index (χ0n) is 14.1. The number of rotatable bonds is 5. The Bertz CT molecular complexity index is 1030. The van der Waals surface area contributed by atoms with Gasteiger partial charge in [0.1, 0.15) is 18.2 Å². The lowest BCUT2D eigenvalue weighted by Crippen LogP contribution is -1.96. The molecule has 0 aliphatic rings. The predicted molar refractivity (Wildman–Crippen MR) is 110 cm³/mol. The summed E-state index contributed by atoms with van der Waals surface area (Å²) in [5, 5.41) is 10.1. The van der Waals surface area contributed by atoms with Gasteiger partial charge in [0, 0.05) is 10.6 Å². The number of benzene rings is 3. The molecule has 0 saturated carbocycles. The van der Waals surface area contributed by atoms with E-state index in [0.717, 1.165) is 15.6 Å². The SMILES string of the molecule is N#C/C(=C/c1ccc(OCc2ccc(Cl)cc2)c(Br)c1)c1ccccc1F. The Morgan fingerprint density at radius 3 is 2.52 bits per heavy atom. The summed E-state index contributed by atoms with van der Waals surface area (Å²) in [4.78, 5) is 0. The highest BCUT2D eigenvalue weighted by Crippen LogP contribution is 2.29. The molecule has 0 aromatic heterocycles. The molecule has 0 aliphatic heterocycles. The maximum Gasteiger partial charge on any atom is 0.134 e. The van der Waals surface area contributed by atoms with Crippen LogP contribution in [0.2, 0.25) is 5.02 Å². The van der Waals surface area contributed by atoms with Gasteiger partial charge in [-0.25, -0.2) is 4.39 Å². The van der Waals surface area contributed by atoms with Crippen molar-refractivity contribution in [3.05, 3.63) is 98.7 Å². The van der Waals surface area contributed by atoms with Gasteiger partial charge in [0.2, 0.25) is 0 Å². The Labute approximate surface area is 170 Å². The highest BCUT2D eigenvalue weighted by Gasteiger charge is 2.08. The molecular weight excluding hydrogens is 429 g/mol. The molecule has 0 bridgehead atoms. The van der Waals surface area contributed by atoms with E-state index in [4.69, 9.17) is 16.3 Å². The van der Waals surface area contributed by atoms with Crippen molar-refractivity contribution < 1.29 is 9.13 Å². The average Bonchev–Trinajstić information content (AvgIpc) is 2.67. The largest absolute Gasteiger partial charge is 0.488 e. The zero-order chi connectivity index (χ0) is 19.2. The van der Waals surface area contributed by atoms with E-state index in [1.807, 2.05) is 42.5 Å². The number of hydrogen-bond acceptors (Lipinski definition) is 2. The molecule has 3 aromatic carbocycles. The minimum atomic E-state index is -0.424. The molecule has 5 heteroatoms. The van der Waals surface area contributed by atoms with Gasteiger partial charge in [0.15, 0.2) is 0 Å². The number of ether oxygens (including phenoxy) is 1. The molecule has 134 valence electrons. The molecule has 0 heterocycles. The highest BCUT2D eigenvalue weighted by atomic mass is 79.9. The molecule has 27 heavy (non-hydrogen) atoms. The van der Waals surface area contributed by atoms with Crippen LogP contribution in [0.4, 0.5) is 4.39 Å². The summed E-state index contributed by atoms with van der Waals surface area (Å²) < 4.78 is 20.5. The predicted octanol–water partition coefficient (Wildman–Crippen LogP) is 6.88. The molecule has 0 amide bonds. The second kappa shape index (κ2) is 8.85. The standard InChI is InChI=1S/C22H14BrClFNO/c23-20-12-16(11-17(13-26)19-3-1-2-4-21(19)25)7-10-22(20)27-14-15-5-8-18(24)9-6-15/h1-12H,14H2/b17-11-. The minimum absolute atomic E-state index is 0.259. The van der Waals surface area contributed by atoms with Crippen molar-refractivity contribution >= 4 is 39.2 Å². The summed E-state index contributed by atoms with van der Waals surface area (Å²) in [6.07, 6.45) is 1.64. The summed E-state index contributed by atoms with van der Waals surface area (Å²) in [6, 6.07) is 21.2. The number of halogens is 3. The van der Waals surface area contributed by atoms with E-state index in [9.17, 15) is 9.65 Å². The quantitative estimate of drug-likeness (QED) is 0.318. The summed E-state index contributed by atoms with van der Waals surface area (Å²) in [5.74, 6) is 0.249. The highest BCUT2D eigenvalue weighted by molar-refractivity contribution is 9.10. The summed E-state index contributed by atoms with van der Waals surface area (Å²) in [6.45, 7) is 0.406. The lowest BCUT2D eigenvalue weighted by atomic mass is 10.0. The lowest BCUT2D eigenvalue weighted by Gasteiger charge is -2.09. The van der Waals surface area contributed by atoms with Crippen LogP contribution in [0.5, 0.6) is 5.75 Å². The number of allylic oxidation sites excluding steroid dienone is 1. The maximum atomic E-state index is 13.9. The fourth-order valence-corrected chi connectivity index (χ4v) is 3.12. The normalized spacial score (nSPS) is 11.1. The van der Waals surface area contributed by atoms with Crippen LogP contribution < -0.4 is 4.74 Å². The molecule has 0 spiro atoms. The molecule has 0 radical (unpaired) electrons. The molecule has 3 rings (SSSR count). The van der Waals surface area contributed by atoms with Crippen molar-refractivity contribution in [3.63, 3.8) is 0 Å². The van der Waals surface area contributed by atoms with E-state index in [2.05, 4.69) is 22.0 Å². The van der Waals surface area contributed by atoms with E-state index in [1.54, 1.807) is 24.3 Å². The number of nitriles is 1. The maximum absolute atomic E-state index is 13.9. The van der Waals surface area contributed by atoms with Gasteiger partial charge < -0.3 is 4.74 Å². The van der Waals surface area contributed by atoms with Crippen LogP contribution in [-0.2, 0) is 6.61 Å². The summed E-state index contributed by atoms with van der Waals surface area (Å²) >= 11 is 9.36. The molecule has 0 N–H and O–H groups in total. The summed E-state index contributed by atoms with van der Waals surface area (Å²) in [7, 11) is 0. The first kappa shape index (κ1) is 19.2. The number of nitrogens with zero attached hydrogens (tertiary/aromatic N) is 1. The summed E-state index contributed by atoms with van der Waals surface area (Å²) in [5.41, 5.74) is 2.30. The Hall–Kier alpha value is -2.61. The molecule has 0 fully saturated rings. The van der Waals surface area contributed by atoms with Crippen LogP contribution in [0.15, 0.2) is 71.2 Å². The van der Waals surface area contributed by atoms with Crippen LogP contribution >= 0.6 is 27.5 Å². The first-order chi connectivity index (χ1) is 13.1. The van der Waals surface area contributed by atoms with Gasteiger partial charge in [0.25, 0.3) is 0 Å². The Morgan fingerprint density at radius 2 is 1.85 bits per heavy atom. The van der Waals surface area contributed by atoms with Crippen molar-refractivity contribution in [2.24, 2.45) is 0 Å². The monoisotopic (exact) mass is 441 g/mol. The Balaban J connectivity index is 1.78. The van der Waals surface area contributed by atoms with Crippen molar-refractivity contribution in [2.75, 3.05) is 0 Å². The van der Waals surface area contributed by atoms with Crippen LogP contribution in [0.1, 0.15) is 16.7 Å². The fourth-order valence-electron chi connectivity index (χ4n) is 2.48. The topological polar surface area (TPSA) is 33.0 Å². The van der Waals surface area contributed by atoms with E-state index >= 15 is 0 Å². The average molecular weight is 443 g/mol. The third-order valence-corrected chi connectivity index (χ3v) is 4.73. The van der Waals surface area contributed by atoms with Gasteiger partial charge >= 0.3 is 0 Å². The molecule has 2 nitrogen and oxygen atoms in total. The first-order valence-electron chi connectivity index (χ1n) is 8.10. The van der Waals surface area contributed by atoms with E-state index in [-0.39, 0.29) is 11.1 Å². The van der Waals surface area contributed by atoms with Gasteiger partial charge in [-0.15, -0.1) is 0 Å². The third-order valence-electron chi connectivity index (χ3n) is 3.86. The van der Waals surface area contributed by atoms with Crippen LogP contribution in [-0.4, -0.2) is 0 Å². The van der Waals surface area contributed by atoms with Gasteiger partial charge in [-0.3, -0.25) is 0 Å². The van der Waals surface area contributed by atoms with Crippen molar-refractivity contribution in [2.45, 2.75) is 6.61 Å². The van der Waals surface area contributed by atoms with Gasteiger partial charge in [-0.1, -0.05) is 48.0 Å². The fraction of sp³-hybridized carbons (Fsp3) is 0.0455. The van der Waals surface area contributed by atoms with Crippen LogP contribution in [0.25, 0.3) is 11.6 Å². The molecule has 0 aliphatic carbocycles. The smallest absolute Gasteiger partial charge is 0.134 e. The zero-order valence-corrected chi connectivity index (χ0v) is 16.5. The van der Waals surface area contributed by atoms with E-state index in [1.165, 1.54) is 6.07 Å². The van der Waals surface area contributed by atoms with Gasteiger partial charge in [-0.05, 0) is 63.5 Å². The Morgan fingerprint density at radius 1 is 1.11 bits per heavy atom. The second-order valence-corrected chi connectivity index (χ2v) is 7.05. The molecule has 3 aromatic rings. The van der Waals surface area contributed by atoms with Crippen LogP contribution in [0, 0.1) is 17.1 Å². The molecular formula is C22H14BrClFNO. The van der Waals surface area contributed by atoms with E-state index in [0.29, 0.717) is 17.4 Å². The second-order valence-electron chi connectivity index (χ2n) is 5.75. The lowest BCUT2D eigenvalue weighted by molar-refractivity contribution is 0.304. The number of hydrogen-bond donors (Lipinski definition) is 0. The first-order valence-corrected chi connectivity index (χ1v) is 9.27. The Kier molecular flexibility index (Phi) is 6.28. The van der Waals surface area contributed by atoms with Gasteiger partial charge in [-0.2, -0.15) is 5.26 Å². The van der Waals surface area contributed by atoms with E-state index < -0.39 is 5.82 Å². The third kappa shape index (κ3) is 4.97. The van der Waals surface area contributed by atoms with Crippen molar-refractivity contribution in [1.29, 1.82) is 5.26 Å². The molecule has 0 saturated heterocycles. The minimum Gasteiger partial charge on any atom is -0.488 e.